The lowest BCUT2D eigenvalue weighted by molar-refractivity contribution is -0.347. The van der Waals surface area contributed by atoms with E-state index in [4.69, 9.17) is 18.9 Å². The van der Waals surface area contributed by atoms with Gasteiger partial charge in [0.2, 0.25) is 5.91 Å². The molecule has 4 fully saturated rings. The second-order valence-electron chi connectivity index (χ2n) is 16.7. The number of rotatable bonds is 2. The van der Waals surface area contributed by atoms with E-state index in [0.717, 1.165) is 17.9 Å². The summed E-state index contributed by atoms with van der Waals surface area (Å²) >= 11 is 1.68. The van der Waals surface area contributed by atoms with Crippen molar-refractivity contribution < 1.29 is 63.3 Å². The van der Waals surface area contributed by atoms with Crippen molar-refractivity contribution >= 4 is 41.4 Å². The summed E-state index contributed by atoms with van der Waals surface area (Å²) < 4.78 is 24.2. The molecular formula is C41H55NO13S. The van der Waals surface area contributed by atoms with Crippen molar-refractivity contribution in [2.75, 3.05) is 18.1 Å². The van der Waals surface area contributed by atoms with Gasteiger partial charge in [0.25, 0.3) is 0 Å². The van der Waals surface area contributed by atoms with Gasteiger partial charge in [-0.3, -0.25) is 19.2 Å². The number of thioether (sulfide) groups is 1. The van der Waals surface area contributed by atoms with E-state index in [-0.39, 0.29) is 42.9 Å². The molecule has 6 rings (SSSR count). The Morgan fingerprint density at radius 1 is 0.946 bits per heavy atom. The summed E-state index contributed by atoms with van der Waals surface area (Å²) in [4.78, 5) is 68.8. The maximum absolute atomic E-state index is 14.9. The first-order chi connectivity index (χ1) is 26.4. The van der Waals surface area contributed by atoms with Crippen molar-refractivity contribution in [3.63, 3.8) is 0 Å². The summed E-state index contributed by atoms with van der Waals surface area (Å²) in [6.07, 6.45) is -7.42. The Morgan fingerprint density at radius 2 is 1.61 bits per heavy atom. The molecule has 2 saturated heterocycles. The van der Waals surface area contributed by atoms with Crippen LogP contribution in [-0.2, 0) is 42.9 Å². The molecule has 11 atom stereocenters. The van der Waals surface area contributed by atoms with Crippen LogP contribution in [0.25, 0.3) is 0 Å². The fourth-order valence-corrected chi connectivity index (χ4v) is 10.9. The normalized spacial score (nSPS) is 39.9. The molecule has 14 nitrogen and oxygen atoms in total. The minimum atomic E-state index is -2.26. The molecule has 2 heterocycles. The highest BCUT2D eigenvalue weighted by molar-refractivity contribution is 7.99. The van der Waals surface area contributed by atoms with Crippen LogP contribution in [0, 0.1) is 16.7 Å². The first-order valence-electron chi connectivity index (χ1n) is 19.6. The minimum Gasteiger partial charge on any atom is -0.459 e. The second-order valence-corrected chi connectivity index (χ2v) is 18.0. The number of hydrogen-bond acceptors (Lipinski definition) is 14. The lowest BCUT2D eigenvalue weighted by atomic mass is 9.44. The standard InChI is InChI=1S/C41H55NO13S/c1-22-25-20-41(51)36(34-39(5,35(49)32(47)30(22)38(41,3)4)26(44)19-27-40(34,21-52-27)55-23(2)43)54-29(46)16-10-12-18-56-17-11-9-15-28(45)42-31(33(48)37(50)53-25)24-13-7-6-8-14-24/h6-8,13-14,25-27,31-34,36,44,47-48,51H,9-12,15-21H2,1-5H3,(H,42,45)/t25-,26-,27+,31+,32-,33-,34-,36+,39+,40+,41+/m0/s1. The number of carbonyl (C=O) groups excluding carboxylic acids is 5. The van der Waals surface area contributed by atoms with Gasteiger partial charge in [-0.1, -0.05) is 44.2 Å². The number of fused-ring (bicyclic) bond motifs is 6. The SMILES string of the molecule is CC(=O)O[C@]12CO[C@@H]1C[C@H](O)[C@@]1(C)C(=O)[C@@H](O)C3=C(C)[C@@H]4C[C@@](O)([C@H](OC(=O)CCCCSCCCCC(=O)N[C@H](c5ccccc5)[C@H](O)C(=O)O4)[C@H]21)C3(C)C. The Morgan fingerprint density at radius 3 is 2.23 bits per heavy atom. The lowest BCUT2D eigenvalue weighted by Crippen LogP contribution is -2.81. The number of nitrogens with one attached hydrogen (secondary N) is 1. The molecule has 0 radical (unpaired) electrons. The maximum Gasteiger partial charge on any atom is 0.338 e. The van der Waals surface area contributed by atoms with Gasteiger partial charge in [-0.25, -0.2) is 4.79 Å². The molecular weight excluding hydrogens is 747 g/mol. The van der Waals surface area contributed by atoms with Crippen LogP contribution in [0.15, 0.2) is 41.5 Å². The molecule has 0 spiro atoms. The van der Waals surface area contributed by atoms with Crippen LogP contribution in [-0.4, -0.2) is 116 Å². The summed E-state index contributed by atoms with van der Waals surface area (Å²) in [5, 5.41) is 51.7. The summed E-state index contributed by atoms with van der Waals surface area (Å²) in [5.74, 6) is -3.73. The van der Waals surface area contributed by atoms with E-state index < -0.39 is 101 Å². The maximum atomic E-state index is 14.9. The van der Waals surface area contributed by atoms with Gasteiger partial charge in [-0.05, 0) is 67.7 Å². The summed E-state index contributed by atoms with van der Waals surface area (Å²) in [5.41, 5.74) is -6.77. The number of ketones is 1. The molecule has 2 aliphatic heterocycles. The Kier molecular flexibility index (Phi) is 12.2. The van der Waals surface area contributed by atoms with Gasteiger partial charge in [0.15, 0.2) is 17.5 Å². The van der Waals surface area contributed by atoms with Crippen molar-refractivity contribution in [2.24, 2.45) is 16.7 Å². The van der Waals surface area contributed by atoms with Crippen molar-refractivity contribution in [2.45, 2.75) is 140 Å². The molecule has 308 valence electrons. The molecule has 1 amide bonds. The number of esters is 3. The van der Waals surface area contributed by atoms with E-state index in [0.29, 0.717) is 24.8 Å². The zero-order valence-electron chi connectivity index (χ0n) is 32.7. The monoisotopic (exact) mass is 801 g/mol. The fraction of sp³-hybridized carbons (Fsp3) is 0.683. The predicted octanol–water partition coefficient (Wildman–Crippen LogP) is 2.62. The molecule has 0 aromatic heterocycles. The summed E-state index contributed by atoms with van der Waals surface area (Å²) in [6, 6.07) is 7.26. The number of amides is 1. The van der Waals surface area contributed by atoms with Crippen LogP contribution in [0.2, 0.25) is 0 Å². The molecule has 56 heavy (non-hydrogen) atoms. The van der Waals surface area contributed by atoms with Crippen LogP contribution in [0.4, 0.5) is 0 Å². The number of benzene rings is 1. The Balaban J connectivity index is 1.50. The quantitative estimate of drug-likeness (QED) is 0.165. The third kappa shape index (κ3) is 7.21. The van der Waals surface area contributed by atoms with Crippen LogP contribution >= 0.6 is 11.8 Å². The summed E-state index contributed by atoms with van der Waals surface area (Å²) in [6.45, 7) is 7.09. The number of carbonyl (C=O) groups is 5. The zero-order valence-corrected chi connectivity index (χ0v) is 33.5. The largest absolute Gasteiger partial charge is 0.459 e. The molecule has 1 aromatic carbocycles. The first kappa shape index (κ1) is 42.3. The predicted molar refractivity (Wildman–Crippen MR) is 202 cm³/mol. The van der Waals surface area contributed by atoms with E-state index in [2.05, 4.69) is 5.32 Å². The van der Waals surface area contributed by atoms with Gasteiger partial charge in [0.05, 0.1) is 30.1 Å². The third-order valence-electron chi connectivity index (χ3n) is 13.1. The smallest absolute Gasteiger partial charge is 0.338 e. The van der Waals surface area contributed by atoms with Crippen LogP contribution < -0.4 is 5.32 Å². The highest BCUT2D eigenvalue weighted by atomic mass is 32.2. The Labute approximate surface area is 331 Å². The molecule has 0 unspecified atom stereocenters. The average Bonchev–Trinajstić information content (AvgIpc) is 3.14. The van der Waals surface area contributed by atoms with E-state index in [1.807, 2.05) is 0 Å². The van der Waals surface area contributed by atoms with Gasteiger partial charge < -0.3 is 44.7 Å². The second kappa shape index (κ2) is 16.1. The Hall–Kier alpha value is -3.34. The number of Topliss-reactive ketones (excluding diaryl/α,β-unsaturated/α-hetero) is 1. The van der Waals surface area contributed by atoms with Crippen molar-refractivity contribution in [3.8, 4) is 0 Å². The first-order valence-corrected chi connectivity index (χ1v) is 20.7. The number of ether oxygens (including phenoxy) is 4. The van der Waals surface area contributed by atoms with E-state index in [9.17, 15) is 44.4 Å². The highest BCUT2D eigenvalue weighted by Gasteiger charge is 2.78. The van der Waals surface area contributed by atoms with E-state index in [1.165, 1.54) is 13.8 Å². The molecule has 1 aromatic rings. The van der Waals surface area contributed by atoms with Crippen LogP contribution in [0.3, 0.4) is 0 Å². The van der Waals surface area contributed by atoms with Gasteiger partial charge in [0, 0.05) is 38.0 Å². The van der Waals surface area contributed by atoms with Gasteiger partial charge in [-0.2, -0.15) is 11.8 Å². The van der Waals surface area contributed by atoms with E-state index in [1.54, 1.807) is 62.9 Å². The van der Waals surface area contributed by atoms with Gasteiger partial charge in [0.1, 0.15) is 30.0 Å². The average molecular weight is 802 g/mol. The number of aliphatic hydroxyl groups excluding tert-OH is 3. The Bertz CT molecular complexity index is 1730. The van der Waals surface area contributed by atoms with Crippen molar-refractivity contribution in [3.05, 3.63) is 47.0 Å². The highest BCUT2D eigenvalue weighted by Crippen LogP contribution is 2.64. The summed E-state index contributed by atoms with van der Waals surface area (Å²) in [7, 11) is 0. The molecule has 2 saturated carbocycles. The van der Waals surface area contributed by atoms with E-state index >= 15 is 0 Å². The zero-order chi connectivity index (χ0) is 40.8. The van der Waals surface area contributed by atoms with Gasteiger partial charge in [-0.15, -0.1) is 0 Å². The molecule has 5 N–H and O–H groups in total. The van der Waals surface area contributed by atoms with Crippen LogP contribution in [0.1, 0.15) is 97.6 Å². The van der Waals surface area contributed by atoms with Crippen LogP contribution in [0.5, 0.6) is 0 Å². The lowest BCUT2D eigenvalue weighted by Gasteiger charge is -2.67. The van der Waals surface area contributed by atoms with Gasteiger partial charge >= 0.3 is 17.9 Å². The topological polar surface area (TPSA) is 215 Å². The fourth-order valence-electron chi connectivity index (χ4n) is 9.88. The molecule has 15 heteroatoms. The molecule has 5 aliphatic rings. The molecule has 3 aliphatic carbocycles. The third-order valence-corrected chi connectivity index (χ3v) is 14.2. The minimum absolute atomic E-state index is 0.00619. The van der Waals surface area contributed by atoms with Crippen molar-refractivity contribution in [1.29, 1.82) is 0 Å². The number of aliphatic hydroxyl groups is 4. The molecule has 3 bridgehead atoms. The van der Waals surface area contributed by atoms with Crippen molar-refractivity contribution in [1.82, 2.24) is 5.32 Å². The number of hydrogen-bond donors (Lipinski definition) is 5.